The van der Waals surface area contributed by atoms with Gasteiger partial charge in [0, 0.05) is 17.7 Å². The van der Waals surface area contributed by atoms with Gasteiger partial charge >= 0.3 is 0 Å². The number of nitro groups is 1. The number of non-ortho nitro benzene ring substituents is 1. The molecule has 1 N–H and O–H groups in total. The number of aromatic nitrogens is 2. The Kier molecular flexibility index (Phi) is 3.39. The molecule has 6 heteroatoms. The van der Waals surface area contributed by atoms with Crippen LogP contribution in [-0.2, 0) is 0 Å². The highest BCUT2D eigenvalue weighted by Crippen LogP contribution is 2.30. The van der Waals surface area contributed by atoms with Gasteiger partial charge < -0.3 is 9.40 Å². The summed E-state index contributed by atoms with van der Waals surface area (Å²) >= 11 is 0. The van der Waals surface area contributed by atoms with Crippen LogP contribution in [0, 0.1) is 24.0 Å². The molecule has 4 rings (SSSR count). The van der Waals surface area contributed by atoms with Crippen molar-refractivity contribution in [2.24, 2.45) is 0 Å². The lowest BCUT2D eigenvalue weighted by molar-refractivity contribution is -0.384. The molecule has 0 atom stereocenters. The van der Waals surface area contributed by atoms with Crippen molar-refractivity contribution in [3.8, 4) is 22.9 Å². The van der Waals surface area contributed by atoms with Crippen LogP contribution in [-0.4, -0.2) is 14.9 Å². The third-order valence-corrected chi connectivity index (χ3v) is 4.10. The lowest BCUT2D eigenvalue weighted by atomic mass is 10.1. The average Bonchev–Trinajstić information content (AvgIpc) is 3.21. The van der Waals surface area contributed by atoms with Gasteiger partial charge in [0.15, 0.2) is 11.6 Å². The van der Waals surface area contributed by atoms with Gasteiger partial charge in [-0.25, -0.2) is 4.98 Å². The molecule has 0 unspecified atom stereocenters. The first-order valence-corrected chi connectivity index (χ1v) is 7.83. The zero-order valence-corrected chi connectivity index (χ0v) is 13.7. The Morgan fingerprint density at radius 2 is 1.88 bits per heavy atom. The van der Waals surface area contributed by atoms with E-state index in [0.29, 0.717) is 22.9 Å². The minimum absolute atomic E-state index is 0.0327. The SMILES string of the molecule is Cc1cc(C)c2nc(-c3ccc(-c4cccc([N+](=O)[O-])c4)o3)[nH]c2c1. The van der Waals surface area contributed by atoms with Crippen molar-refractivity contribution in [2.75, 3.05) is 0 Å². The van der Waals surface area contributed by atoms with E-state index in [1.165, 1.54) is 12.1 Å². The number of furan rings is 1. The van der Waals surface area contributed by atoms with Crippen LogP contribution < -0.4 is 0 Å². The molecule has 2 heterocycles. The topological polar surface area (TPSA) is 85.0 Å². The Morgan fingerprint density at radius 3 is 2.68 bits per heavy atom. The summed E-state index contributed by atoms with van der Waals surface area (Å²) in [6, 6.07) is 14.1. The summed E-state index contributed by atoms with van der Waals surface area (Å²) < 4.78 is 5.87. The van der Waals surface area contributed by atoms with Crippen LogP contribution in [0.3, 0.4) is 0 Å². The van der Waals surface area contributed by atoms with Crippen LogP contribution in [0.2, 0.25) is 0 Å². The lowest BCUT2D eigenvalue weighted by Crippen LogP contribution is -1.87. The second-order valence-corrected chi connectivity index (χ2v) is 6.03. The molecule has 6 nitrogen and oxygen atoms in total. The van der Waals surface area contributed by atoms with E-state index >= 15 is 0 Å². The van der Waals surface area contributed by atoms with Crippen molar-refractivity contribution in [1.29, 1.82) is 0 Å². The molecular formula is C19H15N3O3. The van der Waals surface area contributed by atoms with E-state index in [-0.39, 0.29) is 5.69 Å². The van der Waals surface area contributed by atoms with Crippen molar-refractivity contribution >= 4 is 16.7 Å². The highest BCUT2D eigenvalue weighted by Gasteiger charge is 2.14. The highest BCUT2D eigenvalue weighted by atomic mass is 16.6. The maximum Gasteiger partial charge on any atom is 0.270 e. The quantitative estimate of drug-likeness (QED) is 0.421. The van der Waals surface area contributed by atoms with E-state index in [4.69, 9.17) is 4.42 Å². The predicted molar refractivity (Wildman–Crippen MR) is 95.4 cm³/mol. The van der Waals surface area contributed by atoms with E-state index in [2.05, 4.69) is 16.0 Å². The van der Waals surface area contributed by atoms with Crippen LogP contribution in [0.15, 0.2) is 52.9 Å². The largest absolute Gasteiger partial charge is 0.453 e. The molecule has 0 radical (unpaired) electrons. The standard InChI is InChI=1S/C19H15N3O3/c1-11-8-12(2)18-15(9-11)20-19(21-18)17-7-6-16(25-17)13-4-3-5-14(10-13)22(23)24/h3-10H,1-2H3,(H,20,21). The van der Waals surface area contributed by atoms with E-state index < -0.39 is 4.92 Å². The van der Waals surface area contributed by atoms with Crippen molar-refractivity contribution in [2.45, 2.75) is 13.8 Å². The average molecular weight is 333 g/mol. The number of hydrogen-bond acceptors (Lipinski definition) is 4. The molecule has 0 spiro atoms. The highest BCUT2D eigenvalue weighted by molar-refractivity contribution is 5.82. The summed E-state index contributed by atoms with van der Waals surface area (Å²) in [4.78, 5) is 18.4. The molecule has 0 fully saturated rings. The summed E-state index contributed by atoms with van der Waals surface area (Å²) in [7, 11) is 0. The molecule has 0 aliphatic carbocycles. The molecule has 0 bridgehead atoms. The number of nitro benzene ring substituents is 1. The maximum absolute atomic E-state index is 10.9. The summed E-state index contributed by atoms with van der Waals surface area (Å²) in [6.45, 7) is 4.07. The molecule has 2 aromatic heterocycles. The van der Waals surface area contributed by atoms with Crippen LogP contribution >= 0.6 is 0 Å². The van der Waals surface area contributed by atoms with E-state index in [9.17, 15) is 10.1 Å². The summed E-state index contributed by atoms with van der Waals surface area (Å²) in [5.41, 5.74) is 4.82. The van der Waals surface area contributed by atoms with Gasteiger partial charge in [-0.15, -0.1) is 0 Å². The number of aryl methyl sites for hydroxylation is 2. The molecule has 2 aromatic carbocycles. The van der Waals surface area contributed by atoms with Gasteiger partial charge in [-0.05, 0) is 43.2 Å². The van der Waals surface area contributed by atoms with Crippen molar-refractivity contribution in [1.82, 2.24) is 9.97 Å². The number of rotatable bonds is 3. The Bertz CT molecular complexity index is 1110. The molecule has 0 saturated heterocycles. The first kappa shape index (κ1) is 15.1. The minimum atomic E-state index is -0.419. The van der Waals surface area contributed by atoms with Gasteiger partial charge in [0.1, 0.15) is 5.76 Å². The maximum atomic E-state index is 10.9. The monoisotopic (exact) mass is 333 g/mol. The molecule has 124 valence electrons. The molecule has 0 aliphatic rings. The van der Waals surface area contributed by atoms with Crippen molar-refractivity contribution in [3.63, 3.8) is 0 Å². The number of H-pyrrole nitrogens is 1. The van der Waals surface area contributed by atoms with Crippen molar-refractivity contribution in [3.05, 3.63) is 69.8 Å². The summed E-state index contributed by atoms with van der Waals surface area (Å²) in [5, 5.41) is 10.9. The lowest BCUT2D eigenvalue weighted by Gasteiger charge is -1.97. The number of aromatic amines is 1. The third kappa shape index (κ3) is 2.67. The molecule has 0 amide bonds. The predicted octanol–water partition coefficient (Wildman–Crippen LogP) is 5.01. The third-order valence-electron chi connectivity index (χ3n) is 4.10. The number of fused-ring (bicyclic) bond motifs is 1. The van der Waals surface area contributed by atoms with Gasteiger partial charge in [0.2, 0.25) is 0 Å². The fourth-order valence-corrected chi connectivity index (χ4v) is 2.98. The first-order valence-electron chi connectivity index (χ1n) is 7.83. The number of hydrogen-bond donors (Lipinski definition) is 1. The molecular weight excluding hydrogens is 318 g/mol. The molecule has 4 aromatic rings. The molecule has 0 aliphatic heterocycles. The van der Waals surface area contributed by atoms with Crippen LogP contribution in [0.4, 0.5) is 5.69 Å². The second-order valence-electron chi connectivity index (χ2n) is 6.03. The number of benzene rings is 2. The number of imidazole rings is 1. The van der Waals surface area contributed by atoms with E-state index in [1.54, 1.807) is 18.2 Å². The number of nitrogens with zero attached hydrogens (tertiary/aromatic N) is 2. The molecule has 25 heavy (non-hydrogen) atoms. The summed E-state index contributed by atoms with van der Waals surface area (Å²) in [5.74, 6) is 1.79. The van der Waals surface area contributed by atoms with Crippen LogP contribution in [0.1, 0.15) is 11.1 Å². The zero-order valence-electron chi connectivity index (χ0n) is 13.7. The summed E-state index contributed by atoms with van der Waals surface area (Å²) in [6.07, 6.45) is 0. The van der Waals surface area contributed by atoms with Crippen LogP contribution in [0.5, 0.6) is 0 Å². The number of nitrogens with one attached hydrogen (secondary N) is 1. The molecule has 0 saturated carbocycles. The van der Waals surface area contributed by atoms with Crippen LogP contribution in [0.25, 0.3) is 33.9 Å². The Morgan fingerprint density at radius 1 is 1.08 bits per heavy atom. The normalized spacial score (nSPS) is 11.1. The Labute approximate surface area is 143 Å². The minimum Gasteiger partial charge on any atom is -0.453 e. The van der Waals surface area contributed by atoms with Gasteiger partial charge in [-0.2, -0.15) is 0 Å². The second kappa shape index (κ2) is 5.59. The van der Waals surface area contributed by atoms with Gasteiger partial charge in [0.25, 0.3) is 5.69 Å². The smallest absolute Gasteiger partial charge is 0.270 e. The van der Waals surface area contributed by atoms with Gasteiger partial charge in [-0.3, -0.25) is 10.1 Å². The van der Waals surface area contributed by atoms with Gasteiger partial charge in [0.05, 0.1) is 16.0 Å². The fraction of sp³-hybridized carbons (Fsp3) is 0.105. The van der Waals surface area contributed by atoms with E-state index in [1.807, 2.05) is 26.0 Å². The fourth-order valence-electron chi connectivity index (χ4n) is 2.98. The Balaban J connectivity index is 1.75. The first-order chi connectivity index (χ1) is 12.0. The van der Waals surface area contributed by atoms with Crippen molar-refractivity contribution < 1.29 is 9.34 Å². The zero-order chi connectivity index (χ0) is 17.6. The van der Waals surface area contributed by atoms with Gasteiger partial charge in [-0.1, -0.05) is 18.2 Å². The van der Waals surface area contributed by atoms with E-state index in [0.717, 1.165) is 22.2 Å². The Hall–Kier alpha value is -3.41.